The molecule has 0 unspecified atom stereocenters. The second-order valence-electron chi connectivity index (χ2n) is 5.23. The van der Waals surface area contributed by atoms with Crippen LogP contribution in [-0.2, 0) is 0 Å². The van der Waals surface area contributed by atoms with E-state index >= 15 is 0 Å². The molecule has 3 nitrogen and oxygen atoms in total. The van der Waals surface area contributed by atoms with Crippen LogP contribution in [0, 0.1) is 16.7 Å². The average Bonchev–Trinajstić information content (AvgIpc) is 2.40. The van der Waals surface area contributed by atoms with Crippen LogP contribution in [-0.4, -0.2) is 13.7 Å². The van der Waals surface area contributed by atoms with Gasteiger partial charge in [0.05, 0.1) is 23.6 Å². The molecule has 0 amide bonds. The van der Waals surface area contributed by atoms with Crippen molar-refractivity contribution in [1.29, 1.82) is 5.26 Å². The first kappa shape index (κ1) is 15.7. The van der Waals surface area contributed by atoms with E-state index in [1.807, 2.05) is 32.0 Å². The Kier molecular flexibility index (Phi) is 5.98. The van der Waals surface area contributed by atoms with Crippen molar-refractivity contribution in [2.75, 3.05) is 19.0 Å². The molecular formula is C15H21ClN2O. The predicted octanol–water partition coefficient (Wildman–Crippen LogP) is 4.48. The highest BCUT2D eigenvalue weighted by molar-refractivity contribution is 6.32. The molecule has 1 aromatic carbocycles. The van der Waals surface area contributed by atoms with E-state index in [4.69, 9.17) is 21.6 Å². The van der Waals surface area contributed by atoms with E-state index < -0.39 is 0 Å². The number of nitrogens with zero attached hydrogens (tertiary/aromatic N) is 1. The second kappa shape index (κ2) is 7.25. The summed E-state index contributed by atoms with van der Waals surface area (Å²) in [7, 11) is 1.61. The first-order valence-electron chi connectivity index (χ1n) is 6.47. The van der Waals surface area contributed by atoms with Gasteiger partial charge in [-0.05, 0) is 38.8 Å². The maximum Gasteiger partial charge on any atom is 0.139 e. The average molecular weight is 281 g/mol. The molecule has 0 radical (unpaired) electrons. The number of nitrogens with one attached hydrogen (secondary N) is 1. The van der Waals surface area contributed by atoms with Gasteiger partial charge in [0.15, 0.2) is 0 Å². The molecule has 4 heteroatoms. The minimum atomic E-state index is -0.219. The van der Waals surface area contributed by atoms with Gasteiger partial charge in [-0.2, -0.15) is 5.26 Å². The highest BCUT2D eigenvalue weighted by Crippen LogP contribution is 2.27. The maximum absolute atomic E-state index is 8.92. The van der Waals surface area contributed by atoms with Crippen LogP contribution in [0.2, 0.25) is 5.02 Å². The third kappa shape index (κ3) is 5.40. The van der Waals surface area contributed by atoms with Crippen LogP contribution in [0.5, 0.6) is 5.75 Å². The monoisotopic (exact) mass is 280 g/mol. The van der Waals surface area contributed by atoms with Gasteiger partial charge in [0, 0.05) is 18.3 Å². The van der Waals surface area contributed by atoms with Crippen LogP contribution in [0.25, 0.3) is 0 Å². The summed E-state index contributed by atoms with van der Waals surface area (Å²) in [5.74, 6) is 0.678. The minimum absolute atomic E-state index is 0.219. The molecule has 104 valence electrons. The standard InChI is InChI=1S/C15H21ClN2O/c1-15(2,11-17)8-4-5-9-18-12-6-7-13(16)14(10-12)19-3/h6-7,10,18H,4-5,8-9H2,1-3H3. The van der Waals surface area contributed by atoms with Gasteiger partial charge in [-0.25, -0.2) is 0 Å². The highest BCUT2D eigenvalue weighted by Gasteiger charge is 2.15. The van der Waals surface area contributed by atoms with E-state index in [-0.39, 0.29) is 5.41 Å². The highest BCUT2D eigenvalue weighted by atomic mass is 35.5. The zero-order chi connectivity index (χ0) is 14.3. The van der Waals surface area contributed by atoms with Gasteiger partial charge in [-0.3, -0.25) is 0 Å². The fraction of sp³-hybridized carbons (Fsp3) is 0.533. The van der Waals surface area contributed by atoms with E-state index in [1.54, 1.807) is 7.11 Å². The predicted molar refractivity (Wildman–Crippen MR) is 79.7 cm³/mol. The van der Waals surface area contributed by atoms with Crippen LogP contribution in [0.15, 0.2) is 18.2 Å². The number of hydrogen-bond donors (Lipinski definition) is 1. The molecule has 0 fully saturated rings. The molecule has 0 aliphatic heterocycles. The van der Waals surface area contributed by atoms with Crippen molar-refractivity contribution < 1.29 is 4.74 Å². The number of ether oxygens (including phenoxy) is 1. The number of methoxy groups -OCH3 is 1. The van der Waals surface area contributed by atoms with Gasteiger partial charge in [0.25, 0.3) is 0 Å². The molecule has 1 rings (SSSR count). The van der Waals surface area contributed by atoms with Crippen LogP contribution in [0.4, 0.5) is 5.69 Å². The Morgan fingerprint density at radius 2 is 2.11 bits per heavy atom. The van der Waals surface area contributed by atoms with Gasteiger partial charge in [0.2, 0.25) is 0 Å². The lowest BCUT2D eigenvalue weighted by Gasteiger charge is -2.14. The molecular weight excluding hydrogens is 260 g/mol. The molecule has 0 aromatic heterocycles. The zero-order valence-electron chi connectivity index (χ0n) is 11.8. The van der Waals surface area contributed by atoms with E-state index in [9.17, 15) is 0 Å². The summed E-state index contributed by atoms with van der Waals surface area (Å²) in [4.78, 5) is 0. The van der Waals surface area contributed by atoms with E-state index in [0.29, 0.717) is 10.8 Å². The SMILES string of the molecule is COc1cc(NCCCCC(C)(C)C#N)ccc1Cl. The van der Waals surface area contributed by atoms with E-state index in [2.05, 4.69) is 11.4 Å². The third-order valence-electron chi connectivity index (χ3n) is 3.01. The van der Waals surface area contributed by atoms with Crippen molar-refractivity contribution >= 4 is 17.3 Å². The molecule has 0 aliphatic rings. The molecule has 0 bridgehead atoms. The molecule has 19 heavy (non-hydrogen) atoms. The molecule has 0 atom stereocenters. The number of rotatable bonds is 7. The summed E-state index contributed by atoms with van der Waals surface area (Å²) in [5, 5.41) is 12.9. The maximum atomic E-state index is 8.92. The summed E-state index contributed by atoms with van der Waals surface area (Å²) in [6, 6.07) is 7.97. The molecule has 0 saturated heterocycles. The molecule has 0 aliphatic carbocycles. The molecule has 1 aromatic rings. The lowest BCUT2D eigenvalue weighted by atomic mass is 9.89. The molecule has 1 N–H and O–H groups in total. The van der Waals surface area contributed by atoms with Crippen LogP contribution in [0.1, 0.15) is 33.1 Å². The topological polar surface area (TPSA) is 45.0 Å². The number of anilines is 1. The fourth-order valence-corrected chi connectivity index (χ4v) is 1.95. The van der Waals surface area contributed by atoms with Crippen molar-refractivity contribution in [3.63, 3.8) is 0 Å². The van der Waals surface area contributed by atoms with Crippen LogP contribution in [0.3, 0.4) is 0 Å². The zero-order valence-corrected chi connectivity index (χ0v) is 12.5. The Morgan fingerprint density at radius 1 is 1.37 bits per heavy atom. The Hall–Kier alpha value is -1.40. The largest absolute Gasteiger partial charge is 0.495 e. The van der Waals surface area contributed by atoms with E-state index in [0.717, 1.165) is 31.5 Å². The summed E-state index contributed by atoms with van der Waals surface area (Å²) in [6.07, 6.45) is 3.00. The summed E-state index contributed by atoms with van der Waals surface area (Å²) < 4.78 is 5.16. The number of benzene rings is 1. The number of hydrogen-bond acceptors (Lipinski definition) is 3. The van der Waals surface area contributed by atoms with Gasteiger partial charge in [0.1, 0.15) is 5.75 Å². The van der Waals surface area contributed by atoms with Crippen LogP contribution >= 0.6 is 11.6 Å². The smallest absolute Gasteiger partial charge is 0.139 e. The molecule has 0 heterocycles. The molecule has 0 saturated carbocycles. The van der Waals surface area contributed by atoms with Crippen molar-refractivity contribution in [2.24, 2.45) is 5.41 Å². The lowest BCUT2D eigenvalue weighted by Crippen LogP contribution is -2.09. The minimum Gasteiger partial charge on any atom is -0.495 e. The Morgan fingerprint density at radius 3 is 2.74 bits per heavy atom. The normalized spacial score (nSPS) is 10.9. The second-order valence-corrected chi connectivity index (χ2v) is 5.64. The first-order valence-corrected chi connectivity index (χ1v) is 6.85. The lowest BCUT2D eigenvalue weighted by molar-refractivity contribution is 0.415. The Bertz CT molecular complexity index is 452. The van der Waals surface area contributed by atoms with Crippen molar-refractivity contribution in [2.45, 2.75) is 33.1 Å². The quantitative estimate of drug-likeness (QED) is 0.749. The number of halogens is 1. The van der Waals surface area contributed by atoms with Crippen molar-refractivity contribution in [3.05, 3.63) is 23.2 Å². The first-order chi connectivity index (χ1) is 8.98. The van der Waals surface area contributed by atoms with Crippen molar-refractivity contribution in [1.82, 2.24) is 0 Å². The van der Waals surface area contributed by atoms with Gasteiger partial charge in [-0.1, -0.05) is 18.0 Å². The van der Waals surface area contributed by atoms with Crippen molar-refractivity contribution in [3.8, 4) is 11.8 Å². The third-order valence-corrected chi connectivity index (χ3v) is 3.32. The summed E-state index contributed by atoms with van der Waals surface area (Å²) in [6.45, 7) is 4.83. The van der Waals surface area contributed by atoms with Gasteiger partial charge < -0.3 is 10.1 Å². The fourth-order valence-electron chi connectivity index (χ4n) is 1.75. The van der Waals surface area contributed by atoms with Crippen LogP contribution < -0.4 is 10.1 Å². The van der Waals surface area contributed by atoms with Gasteiger partial charge in [-0.15, -0.1) is 0 Å². The van der Waals surface area contributed by atoms with E-state index in [1.165, 1.54) is 0 Å². The molecule has 0 spiro atoms. The Labute approximate surface area is 120 Å². The van der Waals surface area contributed by atoms with Gasteiger partial charge >= 0.3 is 0 Å². The number of unbranched alkanes of at least 4 members (excludes halogenated alkanes) is 1. The summed E-state index contributed by atoms with van der Waals surface area (Å²) >= 11 is 5.96. The Balaban J connectivity index is 2.32. The number of nitriles is 1. The summed E-state index contributed by atoms with van der Waals surface area (Å²) in [5.41, 5.74) is 0.782.